The Balaban J connectivity index is 2.14. The number of benzene rings is 1. The molecular weight excluding hydrogens is 320 g/mol. The molecule has 5 heteroatoms. The van der Waals surface area contributed by atoms with Crippen molar-refractivity contribution in [2.24, 2.45) is 0 Å². The highest BCUT2D eigenvalue weighted by molar-refractivity contribution is 9.10. The highest BCUT2D eigenvalue weighted by Crippen LogP contribution is 2.14. The molecule has 20 heavy (non-hydrogen) atoms. The van der Waals surface area contributed by atoms with Gasteiger partial charge in [0.1, 0.15) is 5.82 Å². The molecule has 104 valence electrons. The SMILES string of the molecule is CCc1cc(C(=O)O)cc(NCc2ccc(Br)cc2)n1. The second kappa shape index (κ2) is 6.52. The van der Waals surface area contributed by atoms with Gasteiger partial charge in [-0.05, 0) is 36.2 Å². The minimum atomic E-state index is -0.936. The van der Waals surface area contributed by atoms with Gasteiger partial charge >= 0.3 is 5.97 Å². The summed E-state index contributed by atoms with van der Waals surface area (Å²) in [5.74, 6) is -0.349. The number of carbonyl (C=O) groups is 1. The number of aromatic nitrogens is 1. The maximum absolute atomic E-state index is 11.1. The highest BCUT2D eigenvalue weighted by Gasteiger charge is 2.07. The van der Waals surface area contributed by atoms with Gasteiger partial charge in [0.25, 0.3) is 0 Å². The second-order valence-corrected chi connectivity index (χ2v) is 5.29. The first-order valence-corrected chi connectivity index (χ1v) is 7.10. The number of aromatic carboxylic acids is 1. The summed E-state index contributed by atoms with van der Waals surface area (Å²) < 4.78 is 1.03. The number of anilines is 1. The molecule has 2 rings (SSSR count). The zero-order valence-corrected chi connectivity index (χ0v) is 12.6. The lowest BCUT2D eigenvalue weighted by atomic mass is 10.2. The number of aryl methyl sites for hydroxylation is 1. The minimum absolute atomic E-state index is 0.259. The summed E-state index contributed by atoms with van der Waals surface area (Å²) in [5, 5.41) is 12.2. The molecule has 0 aliphatic rings. The molecule has 0 saturated heterocycles. The van der Waals surface area contributed by atoms with Crippen LogP contribution in [0.1, 0.15) is 28.5 Å². The van der Waals surface area contributed by atoms with Gasteiger partial charge in [-0.1, -0.05) is 35.0 Å². The lowest BCUT2D eigenvalue weighted by Gasteiger charge is -2.09. The molecule has 2 N–H and O–H groups in total. The number of halogens is 1. The van der Waals surface area contributed by atoms with Crippen molar-refractivity contribution in [3.05, 3.63) is 57.7 Å². The Morgan fingerprint density at radius 1 is 1.30 bits per heavy atom. The van der Waals surface area contributed by atoms with Crippen molar-refractivity contribution in [3.8, 4) is 0 Å². The molecule has 0 amide bonds. The second-order valence-electron chi connectivity index (χ2n) is 4.37. The molecule has 1 heterocycles. The van der Waals surface area contributed by atoms with Crippen LogP contribution in [0, 0.1) is 0 Å². The Morgan fingerprint density at radius 3 is 2.60 bits per heavy atom. The van der Waals surface area contributed by atoms with Crippen LogP contribution >= 0.6 is 15.9 Å². The fraction of sp³-hybridized carbons (Fsp3) is 0.200. The molecule has 0 unspecified atom stereocenters. The fourth-order valence-corrected chi connectivity index (χ4v) is 2.04. The lowest BCUT2D eigenvalue weighted by molar-refractivity contribution is 0.0696. The first kappa shape index (κ1) is 14.5. The zero-order valence-electron chi connectivity index (χ0n) is 11.1. The number of nitrogens with zero attached hydrogens (tertiary/aromatic N) is 1. The van der Waals surface area contributed by atoms with Gasteiger partial charge in [0, 0.05) is 16.7 Å². The van der Waals surface area contributed by atoms with Crippen LogP contribution in [0.15, 0.2) is 40.9 Å². The number of hydrogen-bond donors (Lipinski definition) is 2. The highest BCUT2D eigenvalue weighted by atomic mass is 79.9. The van der Waals surface area contributed by atoms with Crippen molar-refractivity contribution < 1.29 is 9.90 Å². The number of rotatable bonds is 5. The predicted octanol–water partition coefficient (Wildman–Crippen LogP) is 3.72. The summed E-state index contributed by atoms with van der Waals surface area (Å²) in [6.45, 7) is 2.55. The summed E-state index contributed by atoms with van der Waals surface area (Å²) in [7, 11) is 0. The van der Waals surface area contributed by atoms with Crippen molar-refractivity contribution in [1.82, 2.24) is 4.98 Å². The first-order chi connectivity index (χ1) is 9.58. The third kappa shape index (κ3) is 3.81. The van der Waals surface area contributed by atoms with Crippen LogP contribution in [0.2, 0.25) is 0 Å². The van der Waals surface area contributed by atoms with Crippen LogP contribution in [-0.4, -0.2) is 16.1 Å². The molecule has 0 bridgehead atoms. The van der Waals surface area contributed by atoms with E-state index < -0.39 is 5.97 Å². The monoisotopic (exact) mass is 334 g/mol. The van der Waals surface area contributed by atoms with Crippen molar-refractivity contribution in [3.63, 3.8) is 0 Å². The van der Waals surface area contributed by atoms with Gasteiger partial charge < -0.3 is 10.4 Å². The van der Waals surface area contributed by atoms with E-state index in [-0.39, 0.29) is 5.56 Å². The van der Waals surface area contributed by atoms with E-state index in [0.717, 1.165) is 15.7 Å². The Hall–Kier alpha value is -1.88. The number of pyridine rings is 1. The molecule has 4 nitrogen and oxygen atoms in total. The van der Waals surface area contributed by atoms with E-state index >= 15 is 0 Å². The average Bonchev–Trinajstić information content (AvgIpc) is 2.46. The Bertz CT molecular complexity index is 612. The third-order valence-corrected chi connectivity index (χ3v) is 3.40. The summed E-state index contributed by atoms with van der Waals surface area (Å²) in [6, 6.07) is 11.1. The smallest absolute Gasteiger partial charge is 0.335 e. The topological polar surface area (TPSA) is 62.2 Å². The van der Waals surface area contributed by atoms with Crippen LogP contribution in [0.5, 0.6) is 0 Å². The van der Waals surface area contributed by atoms with Gasteiger partial charge in [-0.3, -0.25) is 0 Å². The van der Waals surface area contributed by atoms with Crippen molar-refractivity contribution in [2.45, 2.75) is 19.9 Å². The number of nitrogens with one attached hydrogen (secondary N) is 1. The maximum Gasteiger partial charge on any atom is 0.335 e. The van der Waals surface area contributed by atoms with Crippen LogP contribution in [0.25, 0.3) is 0 Å². The minimum Gasteiger partial charge on any atom is -0.478 e. The van der Waals surface area contributed by atoms with Crippen molar-refractivity contribution in [2.75, 3.05) is 5.32 Å². The summed E-state index contributed by atoms with van der Waals surface area (Å²) in [6.07, 6.45) is 0.702. The van der Waals surface area contributed by atoms with Crippen LogP contribution in [-0.2, 0) is 13.0 Å². The van der Waals surface area contributed by atoms with Gasteiger partial charge in [0.15, 0.2) is 0 Å². The molecule has 0 radical (unpaired) electrons. The molecule has 1 aromatic heterocycles. The average molecular weight is 335 g/mol. The molecule has 0 atom stereocenters. The predicted molar refractivity (Wildman–Crippen MR) is 82.0 cm³/mol. The number of carboxylic acids is 1. The maximum atomic E-state index is 11.1. The largest absolute Gasteiger partial charge is 0.478 e. The van der Waals surface area contributed by atoms with Crippen molar-refractivity contribution in [1.29, 1.82) is 0 Å². The summed E-state index contributed by atoms with van der Waals surface area (Å²) >= 11 is 3.39. The first-order valence-electron chi connectivity index (χ1n) is 6.31. The van der Waals surface area contributed by atoms with E-state index in [4.69, 9.17) is 5.11 Å². The summed E-state index contributed by atoms with van der Waals surface area (Å²) in [5.41, 5.74) is 2.13. The van der Waals surface area contributed by atoms with Gasteiger partial charge in [-0.15, -0.1) is 0 Å². The Labute approximate surface area is 126 Å². The van der Waals surface area contributed by atoms with Gasteiger partial charge in [-0.2, -0.15) is 0 Å². The quantitative estimate of drug-likeness (QED) is 0.874. The molecule has 0 aliphatic heterocycles. The van der Waals surface area contributed by atoms with E-state index in [1.807, 2.05) is 31.2 Å². The fourth-order valence-electron chi connectivity index (χ4n) is 1.78. The van der Waals surface area contributed by atoms with Crippen LogP contribution in [0.4, 0.5) is 5.82 Å². The van der Waals surface area contributed by atoms with E-state index in [9.17, 15) is 4.79 Å². The molecular formula is C15H15BrN2O2. The zero-order chi connectivity index (χ0) is 14.5. The third-order valence-electron chi connectivity index (χ3n) is 2.87. The normalized spacial score (nSPS) is 10.3. The van der Waals surface area contributed by atoms with Crippen LogP contribution < -0.4 is 5.32 Å². The van der Waals surface area contributed by atoms with Gasteiger partial charge in [0.05, 0.1) is 5.56 Å². The van der Waals surface area contributed by atoms with Gasteiger partial charge in [0.2, 0.25) is 0 Å². The standard InChI is InChI=1S/C15H15BrN2O2/c1-2-13-7-11(15(19)20)8-14(18-13)17-9-10-3-5-12(16)6-4-10/h3-8H,2,9H2,1H3,(H,17,18)(H,19,20). The van der Waals surface area contributed by atoms with E-state index in [0.29, 0.717) is 18.8 Å². The molecule has 0 saturated carbocycles. The molecule has 0 aliphatic carbocycles. The van der Waals surface area contributed by atoms with E-state index in [1.165, 1.54) is 0 Å². The van der Waals surface area contributed by atoms with E-state index in [2.05, 4.69) is 26.2 Å². The molecule has 0 fully saturated rings. The summed E-state index contributed by atoms with van der Waals surface area (Å²) in [4.78, 5) is 15.5. The molecule has 1 aromatic carbocycles. The lowest BCUT2D eigenvalue weighted by Crippen LogP contribution is -2.06. The van der Waals surface area contributed by atoms with Crippen molar-refractivity contribution >= 4 is 27.7 Å². The van der Waals surface area contributed by atoms with E-state index in [1.54, 1.807) is 12.1 Å². The number of carboxylic acid groups (broad SMARTS) is 1. The molecule has 2 aromatic rings. The van der Waals surface area contributed by atoms with Crippen LogP contribution in [0.3, 0.4) is 0 Å². The Kier molecular flexibility index (Phi) is 4.74. The Morgan fingerprint density at radius 2 is 2.00 bits per heavy atom. The molecule has 0 spiro atoms. The number of hydrogen-bond acceptors (Lipinski definition) is 3. The van der Waals surface area contributed by atoms with Gasteiger partial charge in [-0.25, -0.2) is 9.78 Å².